The predicted molar refractivity (Wildman–Crippen MR) is 195 cm³/mol. The second-order valence-corrected chi connectivity index (χ2v) is 12.3. The van der Waals surface area contributed by atoms with Gasteiger partial charge < -0.3 is 9.13 Å². The topological polar surface area (TPSA) is 57.4 Å². The highest BCUT2D eigenvalue weighted by Gasteiger charge is 2.22. The van der Waals surface area contributed by atoms with Gasteiger partial charge in [-0.25, -0.2) is 0 Å². The quantitative estimate of drug-likeness (QED) is 0.199. The number of aromatic nitrogens is 2. The predicted octanol–water partition coefficient (Wildman–Crippen LogP) is 10.8. The molecule has 0 atom stereocenters. The standard InChI is InChI=1S/C44H28N4/c45-27-31-24-30(29-12-11-13-33(26-29)47-39-19-6-1-14-34(39)35-15-2-7-20-40(35)47)25-32(28-46)44(31)38-18-5-10-23-43(38)48-41-21-8-3-16-36(41)37-17-4-9-22-42(37)48/h1-6,8-19,21-26H,7,20H2. The Hall–Kier alpha value is -6.62. The second-order valence-electron chi connectivity index (χ2n) is 12.3. The summed E-state index contributed by atoms with van der Waals surface area (Å²) >= 11 is 0. The number of allylic oxidation sites excluding steroid dienone is 1. The Labute approximate surface area is 278 Å². The van der Waals surface area contributed by atoms with Gasteiger partial charge in [0.1, 0.15) is 0 Å². The zero-order valence-electron chi connectivity index (χ0n) is 26.1. The molecule has 0 aliphatic heterocycles. The summed E-state index contributed by atoms with van der Waals surface area (Å²) in [5.74, 6) is 0. The number of benzene rings is 6. The summed E-state index contributed by atoms with van der Waals surface area (Å²) in [7, 11) is 0. The summed E-state index contributed by atoms with van der Waals surface area (Å²) in [5.41, 5.74) is 12.1. The third-order valence-corrected chi connectivity index (χ3v) is 9.66. The molecule has 0 unspecified atom stereocenters. The van der Waals surface area contributed by atoms with Crippen molar-refractivity contribution in [3.8, 4) is 45.8 Å². The van der Waals surface area contributed by atoms with Crippen LogP contribution in [0.1, 0.15) is 28.8 Å². The third-order valence-electron chi connectivity index (χ3n) is 9.66. The molecule has 0 saturated carbocycles. The van der Waals surface area contributed by atoms with Crippen LogP contribution in [-0.4, -0.2) is 9.13 Å². The molecule has 1 aliphatic rings. The smallest absolute Gasteiger partial charge is 0.0998 e. The Kier molecular flexibility index (Phi) is 6.35. The van der Waals surface area contributed by atoms with Crippen molar-refractivity contribution in [2.75, 3.05) is 0 Å². The van der Waals surface area contributed by atoms with E-state index in [1.807, 2.05) is 42.5 Å². The highest BCUT2D eigenvalue weighted by molar-refractivity contribution is 6.10. The number of hydrogen-bond acceptors (Lipinski definition) is 2. The lowest BCUT2D eigenvalue weighted by Crippen LogP contribution is -2.03. The summed E-state index contributed by atoms with van der Waals surface area (Å²) in [6.07, 6.45) is 6.48. The Morgan fingerprint density at radius 1 is 0.542 bits per heavy atom. The lowest BCUT2D eigenvalue weighted by atomic mass is 9.90. The third kappa shape index (κ3) is 4.14. The number of nitrogens with zero attached hydrogens (tertiary/aromatic N) is 4. The van der Waals surface area contributed by atoms with Crippen molar-refractivity contribution in [2.24, 2.45) is 0 Å². The fourth-order valence-electron chi connectivity index (χ4n) is 7.63. The van der Waals surface area contributed by atoms with Crippen molar-refractivity contribution in [2.45, 2.75) is 12.8 Å². The number of hydrogen-bond donors (Lipinski definition) is 0. The van der Waals surface area contributed by atoms with E-state index in [4.69, 9.17) is 0 Å². The molecule has 0 radical (unpaired) electrons. The van der Waals surface area contributed by atoms with Gasteiger partial charge in [0.25, 0.3) is 0 Å². The molecule has 0 spiro atoms. The molecule has 6 aromatic carbocycles. The Bertz CT molecular complexity index is 2620. The van der Waals surface area contributed by atoms with E-state index in [9.17, 15) is 10.5 Å². The van der Waals surface area contributed by atoms with Crippen LogP contribution in [-0.2, 0) is 6.42 Å². The van der Waals surface area contributed by atoms with Crippen LogP contribution in [0, 0.1) is 22.7 Å². The number of nitriles is 2. The fraction of sp³-hybridized carbons (Fsp3) is 0.0455. The van der Waals surface area contributed by atoms with Crippen LogP contribution >= 0.6 is 0 Å². The van der Waals surface area contributed by atoms with Crippen LogP contribution < -0.4 is 0 Å². The van der Waals surface area contributed by atoms with E-state index in [0.29, 0.717) is 16.7 Å². The van der Waals surface area contributed by atoms with Gasteiger partial charge >= 0.3 is 0 Å². The van der Waals surface area contributed by atoms with Crippen molar-refractivity contribution in [3.63, 3.8) is 0 Å². The average molecular weight is 613 g/mol. The molecule has 4 heteroatoms. The SMILES string of the molecule is N#Cc1cc(-c2cccc(-n3c4c(c5ccccc53)C=CCC4)c2)cc(C#N)c1-c1ccccc1-n1c2ccccc2c2ccccc21. The molecule has 48 heavy (non-hydrogen) atoms. The maximum absolute atomic E-state index is 10.6. The summed E-state index contributed by atoms with van der Waals surface area (Å²) in [4.78, 5) is 0. The average Bonchev–Trinajstić information content (AvgIpc) is 3.67. The molecule has 4 nitrogen and oxygen atoms in total. The lowest BCUT2D eigenvalue weighted by molar-refractivity contribution is 0.889. The molecule has 9 rings (SSSR count). The van der Waals surface area contributed by atoms with Crippen molar-refractivity contribution >= 4 is 38.8 Å². The molecule has 2 aromatic heterocycles. The van der Waals surface area contributed by atoms with Gasteiger partial charge in [-0.15, -0.1) is 0 Å². The van der Waals surface area contributed by atoms with E-state index in [0.717, 1.165) is 62.7 Å². The molecule has 0 fully saturated rings. The summed E-state index contributed by atoms with van der Waals surface area (Å²) < 4.78 is 4.61. The molecular formula is C44H28N4. The van der Waals surface area contributed by atoms with E-state index in [1.54, 1.807) is 0 Å². The van der Waals surface area contributed by atoms with Crippen molar-refractivity contribution < 1.29 is 0 Å². The van der Waals surface area contributed by atoms with Gasteiger partial charge in [0.2, 0.25) is 0 Å². The Morgan fingerprint density at radius 3 is 1.83 bits per heavy atom. The zero-order chi connectivity index (χ0) is 32.2. The van der Waals surface area contributed by atoms with Crippen molar-refractivity contribution in [1.82, 2.24) is 9.13 Å². The minimum atomic E-state index is 0.469. The molecule has 224 valence electrons. The summed E-state index contributed by atoms with van der Waals surface area (Å²) in [6, 6.07) is 50.6. The molecule has 1 aliphatic carbocycles. The first kappa shape index (κ1) is 27.7. The van der Waals surface area contributed by atoms with E-state index in [1.165, 1.54) is 22.2 Å². The normalized spacial score (nSPS) is 12.3. The molecule has 2 heterocycles. The lowest BCUT2D eigenvalue weighted by Gasteiger charge is -2.17. The molecule has 0 N–H and O–H groups in total. The van der Waals surface area contributed by atoms with E-state index in [2.05, 4.69) is 124 Å². The molecular weight excluding hydrogens is 585 g/mol. The number of fused-ring (bicyclic) bond motifs is 6. The van der Waals surface area contributed by atoms with E-state index < -0.39 is 0 Å². The highest BCUT2D eigenvalue weighted by Crippen LogP contribution is 2.40. The van der Waals surface area contributed by atoms with Gasteiger partial charge in [-0.2, -0.15) is 10.5 Å². The van der Waals surface area contributed by atoms with Gasteiger partial charge in [0, 0.05) is 44.2 Å². The van der Waals surface area contributed by atoms with Crippen LogP contribution in [0.4, 0.5) is 0 Å². The van der Waals surface area contributed by atoms with Crippen LogP contribution in [0.2, 0.25) is 0 Å². The van der Waals surface area contributed by atoms with Crippen LogP contribution in [0.3, 0.4) is 0 Å². The summed E-state index contributed by atoms with van der Waals surface area (Å²) in [5, 5.41) is 24.8. The number of rotatable bonds is 4. The van der Waals surface area contributed by atoms with E-state index in [-0.39, 0.29) is 0 Å². The largest absolute Gasteiger partial charge is 0.313 e. The molecule has 0 saturated heterocycles. The van der Waals surface area contributed by atoms with Gasteiger partial charge in [-0.1, -0.05) is 97.1 Å². The van der Waals surface area contributed by atoms with Crippen molar-refractivity contribution in [1.29, 1.82) is 10.5 Å². The first-order valence-electron chi connectivity index (χ1n) is 16.2. The maximum atomic E-state index is 10.6. The maximum Gasteiger partial charge on any atom is 0.0998 e. The highest BCUT2D eigenvalue weighted by atomic mass is 15.0. The van der Waals surface area contributed by atoms with Gasteiger partial charge in [-0.3, -0.25) is 0 Å². The minimum absolute atomic E-state index is 0.469. The second kappa shape index (κ2) is 11.0. The van der Waals surface area contributed by atoms with Crippen LogP contribution in [0.15, 0.2) is 140 Å². The Balaban J connectivity index is 1.23. The first-order valence-corrected chi connectivity index (χ1v) is 16.2. The van der Waals surface area contributed by atoms with E-state index >= 15 is 0 Å². The first-order chi connectivity index (χ1) is 23.7. The fourth-order valence-corrected chi connectivity index (χ4v) is 7.63. The molecule has 0 bridgehead atoms. The minimum Gasteiger partial charge on any atom is -0.313 e. The van der Waals surface area contributed by atoms with Gasteiger partial charge in [0.05, 0.1) is 45.5 Å². The molecule has 0 amide bonds. The van der Waals surface area contributed by atoms with Crippen LogP contribution in [0.25, 0.3) is 72.4 Å². The summed E-state index contributed by atoms with van der Waals surface area (Å²) in [6.45, 7) is 0. The van der Waals surface area contributed by atoms with Crippen molar-refractivity contribution in [3.05, 3.63) is 162 Å². The van der Waals surface area contributed by atoms with Crippen LogP contribution in [0.5, 0.6) is 0 Å². The Morgan fingerprint density at radius 2 is 1.15 bits per heavy atom. The monoisotopic (exact) mass is 612 g/mol. The molecule has 8 aromatic rings. The van der Waals surface area contributed by atoms with Gasteiger partial charge in [-0.05, 0) is 72.5 Å². The zero-order valence-corrected chi connectivity index (χ0v) is 26.1. The number of para-hydroxylation sites is 4. The van der Waals surface area contributed by atoms with Gasteiger partial charge in [0.15, 0.2) is 0 Å².